The van der Waals surface area contributed by atoms with Gasteiger partial charge < -0.3 is 9.72 Å². The van der Waals surface area contributed by atoms with Crippen molar-refractivity contribution in [1.29, 1.82) is 0 Å². The van der Waals surface area contributed by atoms with Crippen LogP contribution in [0, 0.1) is 0 Å². The lowest BCUT2D eigenvalue weighted by Crippen LogP contribution is -2.24. The van der Waals surface area contributed by atoms with Crippen LogP contribution in [0.4, 0.5) is 0 Å². The number of fused-ring (bicyclic) bond motifs is 1. The molecule has 3 aromatic heterocycles. The van der Waals surface area contributed by atoms with Crippen LogP contribution >= 0.6 is 23.2 Å². The number of carbonyl (C=O) groups is 1. The van der Waals surface area contributed by atoms with Gasteiger partial charge in [-0.1, -0.05) is 29.3 Å². The summed E-state index contributed by atoms with van der Waals surface area (Å²) in [6.45, 7) is 0.144. The van der Waals surface area contributed by atoms with Crippen LogP contribution < -0.4 is 5.69 Å². The Morgan fingerprint density at radius 3 is 2.86 bits per heavy atom. The molecular weight excluding hydrogens is 331 g/mol. The summed E-state index contributed by atoms with van der Waals surface area (Å²) < 4.78 is 7.70. The Kier molecular flexibility index (Phi) is 3.91. The van der Waals surface area contributed by atoms with Crippen molar-refractivity contribution in [2.45, 2.75) is 6.54 Å². The topological polar surface area (TPSA) is 81.4 Å². The molecule has 0 aliphatic carbocycles. The molecule has 3 aromatic rings. The van der Waals surface area contributed by atoms with Crippen LogP contribution in [0.15, 0.2) is 35.3 Å². The lowest BCUT2D eigenvalue weighted by atomic mass is 10.4. The second kappa shape index (κ2) is 5.86. The Balaban J connectivity index is 1.66. The van der Waals surface area contributed by atoms with Crippen molar-refractivity contribution >= 4 is 34.8 Å². The van der Waals surface area contributed by atoms with Gasteiger partial charge in [-0.05, 0) is 18.2 Å². The van der Waals surface area contributed by atoms with Crippen LogP contribution in [0.1, 0.15) is 10.5 Å². The zero-order valence-corrected chi connectivity index (χ0v) is 12.6. The fourth-order valence-electron chi connectivity index (χ4n) is 1.93. The predicted molar refractivity (Wildman–Crippen MR) is 80.5 cm³/mol. The first-order valence-corrected chi connectivity index (χ1v) is 7.07. The Bertz CT molecular complexity index is 877. The van der Waals surface area contributed by atoms with Crippen LogP contribution in [0.5, 0.6) is 0 Å². The average molecular weight is 341 g/mol. The number of carbonyl (C=O) groups excluding carboxylic acids is 1. The number of halogens is 2. The molecule has 1 N–H and O–H groups in total. The molecule has 9 heteroatoms. The molecule has 0 amide bonds. The summed E-state index contributed by atoms with van der Waals surface area (Å²) in [7, 11) is 0. The van der Waals surface area contributed by atoms with Gasteiger partial charge in [-0.25, -0.2) is 14.3 Å². The Morgan fingerprint density at radius 1 is 1.36 bits per heavy atom. The van der Waals surface area contributed by atoms with E-state index in [1.165, 1.54) is 15.1 Å². The first-order valence-electron chi connectivity index (χ1n) is 6.31. The number of aromatic nitrogens is 4. The van der Waals surface area contributed by atoms with E-state index in [4.69, 9.17) is 27.9 Å². The first-order chi connectivity index (χ1) is 10.6. The minimum atomic E-state index is -0.606. The Hall–Kier alpha value is -2.25. The van der Waals surface area contributed by atoms with E-state index < -0.39 is 5.97 Å². The van der Waals surface area contributed by atoms with E-state index >= 15 is 0 Å². The summed E-state index contributed by atoms with van der Waals surface area (Å²) >= 11 is 11.5. The lowest BCUT2D eigenvalue weighted by molar-refractivity contribution is 0.0480. The third-order valence-corrected chi connectivity index (χ3v) is 3.66. The van der Waals surface area contributed by atoms with Crippen LogP contribution in [0.25, 0.3) is 5.65 Å². The molecule has 22 heavy (non-hydrogen) atoms. The molecule has 0 spiro atoms. The Morgan fingerprint density at radius 2 is 2.18 bits per heavy atom. The number of nitrogens with zero attached hydrogens (tertiary/aromatic N) is 3. The maximum absolute atomic E-state index is 12.0. The van der Waals surface area contributed by atoms with E-state index in [1.54, 1.807) is 24.4 Å². The summed E-state index contributed by atoms with van der Waals surface area (Å²) in [5.41, 5.74) is 0.386. The molecule has 114 valence electrons. The van der Waals surface area contributed by atoms with Gasteiger partial charge in [0.05, 0.1) is 11.6 Å². The van der Waals surface area contributed by atoms with Gasteiger partial charge in [0.1, 0.15) is 17.5 Å². The number of pyridine rings is 1. The standard InChI is InChI=1S/C13H10Cl2N4O3/c14-8-7-9(16-11(8)15)12(20)22-6-5-19-13(21)18-4-2-1-3-10(18)17-19/h1-4,7,16H,5-6H2. The van der Waals surface area contributed by atoms with Crippen LogP contribution in [-0.4, -0.2) is 31.7 Å². The molecule has 0 aliphatic rings. The fourth-order valence-corrected chi connectivity index (χ4v) is 2.24. The van der Waals surface area contributed by atoms with Gasteiger partial charge in [0.15, 0.2) is 5.65 Å². The number of H-pyrrole nitrogens is 1. The summed E-state index contributed by atoms with van der Waals surface area (Å²) in [6, 6.07) is 6.61. The Labute approximate surface area is 134 Å². The highest BCUT2D eigenvalue weighted by molar-refractivity contribution is 6.41. The minimum Gasteiger partial charge on any atom is -0.459 e. The highest BCUT2D eigenvalue weighted by Gasteiger charge is 2.13. The van der Waals surface area contributed by atoms with Gasteiger partial charge in [0.25, 0.3) is 0 Å². The molecule has 0 aliphatic heterocycles. The van der Waals surface area contributed by atoms with Crippen molar-refractivity contribution < 1.29 is 9.53 Å². The number of rotatable bonds is 4. The van der Waals surface area contributed by atoms with Gasteiger partial charge in [-0.15, -0.1) is 5.10 Å². The molecule has 0 radical (unpaired) electrons. The number of nitrogens with one attached hydrogen (secondary N) is 1. The second-order valence-electron chi connectivity index (χ2n) is 4.42. The average Bonchev–Trinajstić information content (AvgIpc) is 3.01. The molecule has 3 heterocycles. The molecule has 0 saturated carbocycles. The maximum Gasteiger partial charge on any atom is 0.354 e. The second-order valence-corrected chi connectivity index (χ2v) is 5.20. The molecule has 0 atom stereocenters. The predicted octanol–water partition coefficient (Wildman–Crippen LogP) is 1.99. The van der Waals surface area contributed by atoms with Gasteiger partial charge in [-0.2, -0.15) is 0 Å². The van der Waals surface area contributed by atoms with E-state index in [2.05, 4.69) is 10.1 Å². The largest absolute Gasteiger partial charge is 0.459 e. The third-order valence-electron chi connectivity index (χ3n) is 2.97. The number of esters is 1. The van der Waals surface area contributed by atoms with Gasteiger partial charge >= 0.3 is 11.7 Å². The number of hydrogen-bond acceptors (Lipinski definition) is 4. The first kappa shape index (κ1) is 14.7. The smallest absolute Gasteiger partial charge is 0.354 e. The number of aromatic amines is 1. The molecule has 7 nitrogen and oxygen atoms in total. The zero-order chi connectivity index (χ0) is 15.7. The van der Waals surface area contributed by atoms with Gasteiger partial charge in [0, 0.05) is 6.20 Å². The van der Waals surface area contributed by atoms with Crippen LogP contribution in [-0.2, 0) is 11.3 Å². The van der Waals surface area contributed by atoms with Crippen molar-refractivity contribution in [1.82, 2.24) is 19.2 Å². The van der Waals surface area contributed by atoms with Crippen molar-refractivity contribution in [2.24, 2.45) is 0 Å². The normalized spacial score (nSPS) is 11.0. The maximum atomic E-state index is 12.0. The summed E-state index contributed by atoms with van der Waals surface area (Å²) in [5.74, 6) is -0.606. The lowest BCUT2D eigenvalue weighted by Gasteiger charge is -2.02. The zero-order valence-electron chi connectivity index (χ0n) is 11.1. The highest BCUT2D eigenvalue weighted by Crippen LogP contribution is 2.22. The number of ether oxygens (including phenoxy) is 1. The molecule has 3 rings (SSSR count). The number of hydrogen-bond donors (Lipinski definition) is 1. The highest BCUT2D eigenvalue weighted by atomic mass is 35.5. The molecule has 0 bridgehead atoms. The van der Waals surface area contributed by atoms with Gasteiger partial charge in [0.2, 0.25) is 0 Å². The minimum absolute atomic E-state index is 0.00310. The summed E-state index contributed by atoms with van der Waals surface area (Å²) in [5, 5.41) is 4.54. The van der Waals surface area contributed by atoms with Crippen molar-refractivity contribution in [3.8, 4) is 0 Å². The van der Waals surface area contributed by atoms with Crippen molar-refractivity contribution in [2.75, 3.05) is 6.61 Å². The molecule has 0 fully saturated rings. The summed E-state index contributed by atoms with van der Waals surface area (Å²) in [4.78, 5) is 26.4. The van der Waals surface area contributed by atoms with E-state index in [0.717, 1.165) is 0 Å². The van der Waals surface area contributed by atoms with Gasteiger partial charge in [-0.3, -0.25) is 4.40 Å². The van der Waals surface area contributed by atoms with E-state index in [0.29, 0.717) is 5.65 Å². The van der Waals surface area contributed by atoms with E-state index in [1.807, 2.05) is 0 Å². The summed E-state index contributed by atoms with van der Waals surface area (Å²) in [6.07, 6.45) is 1.62. The van der Waals surface area contributed by atoms with Crippen molar-refractivity contribution in [3.05, 3.63) is 56.8 Å². The quantitative estimate of drug-likeness (QED) is 0.736. The molecule has 0 unspecified atom stereocenters. The van der Waals surface area contributed by atoms with Crippen LogP contribution in [0.2, 0.25) is 10.2 Å². The SMILES string of the molecule is O=C(OCCn1nc2ccccn2c1=O)c1cc(Cl)c(Cl)[nH]1. The van der Waals surface area contributed by atoms with Crippen LogP contribution in [0.3, 0.4) is 0 Å². The molecule has 0 saturated heterocycles. The third kappa shape index (κ3) is 2.72. The van der Waals surface area contributed by atoms with Crippen molar-refractivity contribution in [3.63, 3.8) is 0 Å². The fraction of sp³-hybridized carbons (Fsp3) is 0.154. The molecular formula is C13H10Cl2N4O3. The van der Waals surface area contributed by atoms with E-state index in [9.17, 15) is 9.59 Å². The van der Waals surface area contributed by atoms with E-state index in [-0.39, 0.29) is 34.7 Å². The molecule has 0 aromatic carbocycles. The monoisotopic (exact) mass is 340 g/mol.